The van der Waals surface area contributed by atoms with Crippen LogP contribution in [0.25, 0.3) is 5.69 Å². The Bertz CT molecular complexity index is 980. The highest BCUT2D eigenvalue weighted by Crippen LogP contribution is 2.27. The lowest BCUT2D eigenvalue weighted by molar-refractivity contribution is -0.147. The number of rotatable bonds is 8. The average molecular weight is 416 g/mol. The molecule has 28 heavy (non-hydrogen) atoms. The van der Waals surface area contributed by atoms with Crippen molar-refractivity contribution in [3.63, 3.8) is 0 Å². The molecule has 0 N–H and O–H groups in total. The van der Waals surface area contributed by atoms with E-state index in [4.69, 9.17) is 4.74 Å². The van der Waals surface area contributed by atoms with Crippen LogP contribution < -0.4 is 0 Å². The molecule has 2 aromatic heterocycles. The lowest BCUT2D eigenvalue weighted by Crippen LogP contribution is -2.25. The molecule has 0 fully saturated rings. The van der Waals surface area contributed by atoms with Crippen LogP contribution in [0.4, 0.5) is 0 Å². The standard InChI is InChI=1S/C20H21N3O3S2/c1-4-26-19(25)17(18-22-14(3)11-27-18)16(24)12-28-20-21-9-10-23(20)15-8-6-5-7-13(15)2/h5-11,17H,4,12H2,1-3H3. The number of aromatic nitrogens is 3. The van der Waals surface area contributed by atoms with Crippen LogP contribution in [0.1, 0.15) is 29.1 Å². The summed E-state index contributed by atoms with van der Waals surface area (Å²) in [5.74, 6) is -1.68. The number of para-hydroxylation sites is 1. The van der Waals surface area contributed by atoms with Crippen LogP contribution in [0.5, 0.6) is 0 Å². The van der Waals surface area contributed by atoms with Gasteiger partial charge in [-0.2, -0.15) is 0 Å². The molecule has 0 aliphatic rings. The summed E-state index contributed by atoms with van der Waals surface area (Å²) in [5, 5.41) is 3.00. The molecule has 0 saturated carbocycles. The van der Waals surface area contributed by atoms with E-state index >= 15 is 0 Å². The van der Waals surface area contributed by atoms with Crippen molar-refractivity contribution in [2.24, 2.45) is 0 Å². The lowest BCUT2D eigenvalue weighted by atomic mass is 10.1. The van der Waals surface area contributed by atoms with Gasteiger partial charge >= 0.3 is 5.97 Å². The Morgan fingerprint density at radius 2 is 2.07 bits per heavy atom. The number of ether oxygens (including phenoxy) is 1. The van der Waals surface area contributed by atoms with Crippen molar-refractivity contribution < 1.29 is 14.3 Å². The van der Waals surface area contributed by atoms with Gasteiger partial charge in [0.25, 0.3) is 0 Å². The number of imidazole rings is 1. The molecule has 0 spiro atoms. The summed E-state index contributed by atoms with van der Waals surface area (Å²) in [6.45, 7) is 5.80. The summed E-state index contributed by atoms with van der Waals surface area (Å²) in [5.41, 5.74) is 2.90. The first kappa shape index (κ1) is 20.3. The van der Waals surface area contributed by atoms with Gasteiger partial charge in [0, 0.05) is 23.5 Å². The molecule has 0 aliphatic heterocycles. The number of hydrogen-bond donors (Lipinski definition) is 0. The molecule has 1 unspecified atom stereocenters. The van der Waals surface area contributed by atoms with E-state index in [2.05, 4.69) is 9.97 Å². The van der Waals surface area contributed by atoms with Gasteiger partial charge < -0.3 is 4.74 Å². The van der Waals surface area contributed by atoms with E-state index in [1.165, 1.54) is 23.1 Å². The molecule has 0 amide bonds. The van der Waals surface area contributed by atoms with E-state index in [-0.39, 0.29) is 18.1 Å². The van der Waals surface area contributed by atoms with Crippen molar-refractivity contribution in [1.29, 1.82) is 0 Å². The van der Waals surface area contributed by atoms with E-state index in [0.717, 1.165) is 16.9 Å². The molecule has 8 heteroatoms. The van der Waals surface area contributed by atoms with Crippen molar-refractivity contribution >= 4 is 34.9 Å². The number of aryl methyl sites for hydroxylation is 2. The second-order valence-corrected chi connectivity index (χ2v) is 7.97. The van der Waals surface area contributed by atoms with E-state index in [0.29, 0.717) is 10.2 Å². The van der Waals surface area contributed by atoms with Gasteiger partial charge in [-0.3, -0.25) is 14.2 Å². The molecule has 0 aliphatic carbocycles. The minimum atomic E-state index is -0.993. The third-order valence-electron chi connectivity index (χ3n) is 4.05. The molecule has 1 aromatic carbocycles. The highest BCUT2D eigenvalue weighted by Gasteiger charge is 2.32. The Hall–Kier alpha value is -2.45. The van der Waals surface area contributed by atoms with Crippen LogP contribution in [-0.2, 0) is 14.3 Å². The molecule has 0 saturated heterocycles. The van der Waals surface area contributed by atoms with Crippen LogP contribution >= 0.6 is 23.1 Å². The predicted octanol–water partition coefficient (Wildman–Crippen LogP) is 3.95. The molecular weight excluding hydrogens is 394 g/mol. The molecule has 146 valence electrons. The van der Waals surface area contributed by atoms with Gasteiger partial charge in [0.1, 0.15) is 5.01 Å². The smallest absolute Gasteiger partial charge is 0.323 e. The van der Waals surface area contributed by atoms with Crippen LogP contribution in [0.15, 0.2) is 47.2 Å². The van der Waals surface area contributed by atoms with E-state index in [1.807, 2.05) is 54.3 Å². The average Bonchev–Trinajstić information content (AvgIpc) is 3.30. The quantitative estimate of drug-likeness (QED) is 0.315. The molecule has 0 bridgehead atoms. The number of benzene rings is 1. The van der Waals surface area contributed by atoms with Crippen LogP contribution in [0, 0.1) is 13.8 Å². The van der Waals surface area contributed by atoms with E-state index in [1.54, 1.807) is 13.1 Å². The molecule has 6 nitrogen and oxygen atoms in total. The Labute approximate surface area is 172 Å². The molecule has 1 atom stereocenters. The second kappa shape index (κ2) is 9.16. The maximum absolute atomic E-state index is 12.9. The number of ketones is 1. The van der Waals surface area contributed by atoms with Crippen molar-refractivity contribution in [2.75, 3.05) is 12.4 Å². The number of carbonyl (C=O) groups is 2. The lowest BCUT2D eigenvalue weighted by Gasteiger charge is -2.13. The van der Waals surface area contributed by atoms with Gasteiger partial charge in [-0.1, -0.05) is 30.0 Å². The predicted molar refractivity (Wildman–Crippen MR) is 110 cm³/mol. The first-order valence-corrected chi connectivity index (χ1v) is 10.7. The number of nitrogens with zero attached hydrogens (tertiary/aromatic N) is 3. The summed E-state index contributed by atoms with van der Waals surface area (Å²) in [6.07, 6.45) is 3.56. The van der Waals surface area contributed by atoms with Crippen molar-refractivity contribution in [2.45, 2.75) is 31.8 Å². The normalized spacial score (nSPS) is 12.0. The third kappa shape index (κ3) is 4.51. The van der Waals surface area contributed by atoms with Crippen LogP contribution in [-0.4, -0.2) is 38.6 Å². The monoisotopic (exact) mass is 415 g/mol. The van der Waals surface area contributed by atoms with Crippen molar-refractivity contribution in [3.05, 3.63) is 58.3 Å². The summed E-state index contributed by atoms with van der Waals surface area (Å²) in [7, 11) is 0. The maximum atomic E-state index is 12.9. The number of esters is 1. The zero-order valence-electron chi connectivity index (χ0n) is 15.9. The number of hydrogen-bond acceptors (Lipinski definition) is 7. The summed E-state index contributed by atoms with van der Waals surface area (Å²) in [4.78, 5) is 34.0. The molecule has 3 aromatic rings. The highest BCUT2D eigenvalue weighted by atomic mass is 32.2. The van der Waals surface area contributed by atoms with E-state index < -0.39 is 11.9 Å². The summed E-state index contributed by atoms with van der Waals surface area (Å²) >= 11 is 2.60. The molecule has 3 rings (SSSR count). The number of carbonyl (C=O) groups excluding carboxylic acids is 2. The first-order valence-electron chi connectivity index (χ1n) is 8.84. The maximum Gasteiger partial charge on any atom is 0.323 e. The molecule has 2 heterocycles. The number of thioether (sulfide) groups is 1. The van der Waals surface area contributed by atoms with Gasteiger partial charge in [0.05, 0.1) is 18.0 Å². The Kier molecular flexibility index (Phi) is 6.64. The fourth-order valence-corrected chi connectivity index (χ4v) is 4.51. The largest absolute Gasteiger partial charge is 0.465 e. The summed E-state index contributed by atoms with van der Waals surface area (Å²) < 4.78 is 7.06. The molecular formula is C20H21N3O3S2. The Morgan fingerprint density at radius 3 is 2.75 bits per heavy atom. The van der Waals surface area contributed by atoms with Crippen LogP contribution in [0.2, 0.25) is 0 Å². The Balaban J connectivity index is 1.78. The van der Waals surface area contributed by atoms with Gasteiger partial charge in [-0.15, -0.1) is 11.3 Å². The summed E-state index contributed by atoms with van der Waals surface area (Å²) in [6, 6.07) is 7.97. The van der Waals surface area contributed by atoms with Crippen LogP contribution in [0.3, 0.4) is 0 Å². The zero-order valence-corrected chi connectivity index (χ0v) is 17.5. The minimum Gasteiger partial charge on any atom is -0.465 e. The van der Waals surface area contributed by atoms with Crippen molar-refractivity contribution in [1.82, 2.24) is 14.5 Å². The van der Waals surface area contributed by atoms with Crippen molar-refractivity contribution in [3.8, 4) is 5.69 Å². The van der Waals surface area contributed by atoms with Gasteiger partial charge in [0.2, 0.25) is 0 Å². The topological polar surface area (TPSA) is 74.1 Å². The first-order chi connectivity index (χ1) is 13.5. The Morgan fingerprint density at radius 1 is 1.29 bits per heavy atom. The molecule has 0 radical (unpaired) electrons. The fourth-order valence-electron chi connectivity index (χ4n) is 2.73. The number of Topliss-reactive ketones (excluding diaryl/α,β-unsaturated/α-hetero) is 1. The van der Waals surface area contributed by atoms with E-state index in [9.17, 15) is 9.59 Å². The minimum absolute atomic E-state index is 0.102. The number of thiazole rings is 1. The third-order valence-corrected chi connectivity index (χ3v) is 6.07. The SMILES string of the molecule is CCOC(=O)C(C(=O)CSc1nccn1-c1ccccc1C)c1nc(C)cs1. The second-order valence-electron chi connectivity index (χ2n) is 6.13. The highest BCUT2D eigenvalue weighted by molar-refractivity contribution is 7.99. The van der Waals surface area contributed by atoms with Gasteiger partial charge in [-0.05, 0) is 32.4 Å². The van der Waals surface area contributed by atoms with Gasteiger partial charge in [0.15, 0.2) is 16.9 Å². The fraction of sp³-hybridized carbons (Fsp3) is 0.300. The zero-order chi connectivity index (χ0) is 20.1. The van der Waals surface area contributed by atoms with Gasteiger partial charge in [-0.25, -0.2) is 9.97 Å².